The molecule has 0 saturated carbocycles. The Morgan fingerprint density at radius 1 is 1.13 bits per heavy atom. The highest BCUT2D eigenvalue weighted by molar-refractivity contribution is 5.94. The number of H-pyrrole nitrogens is 1. The number of nitrogens with zero attached hydrogens (tertiary/aromatic N) is 2. The van der Waals surface area contributed by atoms with Gasteiger partial charge in [-0.2, -0.15) is 5.10 Å². The number of carbonyl (C=O) groups excluding carboxylic acids is 1. The van der Waals surface area contributed by atoms with Gasteiger partial charge in [-0.15, -0.1) is 0 Å². The van der Waals surface area contributed by atoms with Gasteiger partial charge in [0, 0.05) is 36.5 Å². The van der Waals surface area contributed by atoms with E-state index in [1.54, 1.807) is 6.20 Å². The van der Waals surface area contributed by atoms with Gasteiger partial charge < -0.3 is 4.90 Å². The van der Waals surface area contributed by atoms with E-state index in [0.717, 1.165) is 50.0 Å². The molecule has 2 heterocycles. The fourth-order valence-corrected chi connectivity index (χ4v) is 3.96. The van der Waals surface area contributed by atoms with Gasteiger partial charge in [-0.05, 0) is 67.9 Å². The Hall–Kier alpha value is -2.10. The molecule has 1 fully saturated rings. The largest absolute Gasteiger partial charge is 0.338 e. The van der Waals surface area contributed by atoms with Crippen molar-refractivity contribution in [2.75, 3.05) is 13.1 Å². The van der Waals surface area contributed by atoms with Gasteiger partial charge in [-0.25, -0.2) is 0 Å². The van der Waals surface area contributed by atoms with Crippen molar-refractivity contribution in [1.82, 2.24) is 15.1 Å². The summed E-state index contributed by atoms with van der Waals surface area (Å²) in [7, 11) is 0. The highest BCUT2D eigenvalue weighted by Crippen LogP contribution is 2.27. The van der Waals surface area contributed by atoms with Gasteiger partial charge in [0.2, 0.25) is 0 Å². The van der Waals surface area contributed by atoms with E-state index in [-0.39, 0.29) is 5.91 Å². The van der Waals surface area contributed by atoms with Gasteiger partial charge in [0.05, 0.1) is 0 Å². The molecule has 2 aliphatic rings. The molecule has 1 saturated heterocycles. The molecule has 1 aromatic carbocycles. The summed E-state index contributed by atoms with van der Waals surface area (Å²) in [5.74, 6) is 0.565. The van der Waals surface area contributed by atoms with E-state index in [1.807, 2.05) is 17.0 Å². The van der Waals surface area contributed by atoms with Crippen molar-refractivity contribution in [2.24, 2.45) is 0 Å². The number of carbonyl (C=O) groups is 1. The molecule has 120 valence electrons. The van der Waals surface area contributed by atoms with Crippen LogP contribution in [0.25, 0.3) is 0 Å². The van der Waals surface area contributed by atoms with Crippen molar-refractivity contribution in [3.8, 4) is 0 Å². The standard InChI is InChI=1S/C19H23N3O/c23-19(16-8-7-14-4-1-2-5-15(14)12-16)22-11-3-6-17(13-22)18-9-10-20-21-18/h7-10,12,17H,1-6,11,13H2,(H,20,21)/t17-/m0/s1. The Morgan fingerprint density at radius 3 is 2.83 bits per heavy atom. The summed E-state index contributed by atoms with van der Waals surface area (Å²) in [4.78, 5) is 14.9. The number of likely N-dealkylation sites (tertiary alicyclic amines) is 1. The first kappa shape index (κ1) is 14.5. The first-order valence-electron chi connectivity index (χ1n) is 8.71. The van der Waals surface area contributed by atoms with Crippen LogP contribution in [0, 0.1) is 0 Å². The van der Waals surface area contributed by atoms with Crippen LogP contribution in [0.1, 0.15) is 58.8 Å². The molecule has 4 nitrogen and oxygen atoms in total. The predicted octanol–water partition coefficient (Wildman–Crippen LogP) is 3.31. The van der Waals surface area contributed by atoms with Crippen molar-refractivity contribution in [2.45, 2.75) is 44.4 Å². The molecule has 2 aromatic rings. The number of aryl methyl sites for hydroxylation is 2. The van der Waals surface area contributed by atoms with Crippen LogP contribution in [0.3, 0.4) is 0 Å². The number of fused-ring (bicyclic) bond motifs is 1. The molecule has 1 atom stereocenters. The molecule has 1 aliphatic heterocycles. The predicted molar refractivity (Wildman–Crippen MR) is 89.6 cm³/mol. The van der Waals surface area contributed by atoms with Crippen LogP contribution < -0.4 is 0 Å². The number of benzene rings is 1. The zero-order valence-electron chi connectivity index (χ0n) is 13.4. The number of aromatic amines is 1. The van der Waals surface area contributed by atoms with Gasteiger partial charge in [-0.3, -0.25) is 9.89 Å². The van der Waals surface area contributed by atoms with Crippen molar-refractivity contribution in [3.05, 3.63) is 52.8 Å². The lowest BCUT2D eigenvalue weighted by Crippen LogP contribution is -2.39. The molecule has 1 aliphatic carbocycles. The number of hydrogen-bond donors (Lipinski definition) is 1. The first-order valence-corrected chi connectivity index (χ1v) is 8.71. The second-order valence-electron chi connectivity index (χ2n) is 6.79. The van der Waals surface area contributed by atoms with Gasteiger partial charge in [0.25, 0.3) is 5.91 Å². The van der Waals surface area contributed by atoms with E-state index in [4.69, 9.17) is 0 Å². The zero-order valence-corrected chi connectivity index (χ0v) is 13.4. The molecule has 23 heavy (non-hydrogen) atoms. The van der Waals surface area contributed by atoms with Crippen LogP contribution in [0.2, 0.25) is 0 Å². The molecule has 0 bridgehead atoms. The molecule has 0 unspecified atom stereocenters. The Balaban J connectivity index is 1.52. The molecular weight excluding hydrogens is 286 g/mol. The SMILES string of the molecule is O=C(c1ccc2c(c1)CCCC2)N1CCC[C@H](c2ccn[nH]2)C1. The molecular formula is C19H23N3O. The number of rotatable bonds is 2. The fourth-order valence-electron chi connectivity index (χ4n) is 3.96. The lowest BCUT2D eigenvalue weighted by molar-refractivity contribution is 0.0705. The van der Waals surface area contributed by atoms with Crippen molar-refractivity contribution >= 4 is 5.91 Å². The van der Waals surface area contributed by atoms with Crippen LogP contribution in [0.15, 0.2) is 30.5 Å². The Kier molecular flexibility index (Phi) is 3.90. The Labute approximate surface area is 136 Å². The molecule has 4 rings (SSSR count). The lowest BCUT2D eigenvalue weighted by Gasteiger charge is -2.32. The van der Waals surface area contributed by atoms with E-state index in [9.17, 15) is 4.79 Å². The first-order chi connectivity index (χ1) is 11.3. The number of piperidine rings is 1. The minimum absolute atomic E-state index is 0.183. The zero-order chi connectivity index (χ0) is 15.6. The molecule has 1 amide bonds. The van der Waals surface area contributed by atoms with E-state index < -0.39 is 0 Å². The summed E-state index contributed by atoms with van der Waals surface area (Å²) in [5.41, 5.74) is 4.81. The van der Waals surface area contributed by atoms with Crippen molar-refractivity contribution in [1.29, 1.82) is 0 Å². The molecule has 1 N–H and O–H groups in total. The Bertz CT molecular complexity index is 693. The maximum atomic E-state index is 12.9. The lowest BCUT2D eigenvalue weighted by atomic mass is 9.89. The van der Waals surface area contributed by atoms with Gasteiger partial charge in [-0.1, -0.05) is 6.07 Å². The van der Waals surface area contributed by atoms with E-state index >= 15 is 0 Å². The molecule has 0 spiro atoms. The minimum atomic E-state index is 0.183. The van der Waals surface area contributed by atoms with E-state index in [1.165, 1.54) is 24.0 Å². The summed E-state index contributed by atoms with van der Waals surface area (Å²) in [6, 6.07) is 8.35. The third-order valence-corrected chi connectivity index (χ3v) is 5.27. The van der Waals surface area contributed by atoms with E-state index in [0.29, 0.717) is 5.92 Å². The third kappa shape index (κ3) is 2.90. The fraction of sp³-hybridized carbons (Fsp3) is 0.474. The summed E-state index contributed by atoms with van der Waals surface area (Å²) < 4.78 is 0. The summed E-state index contributed by atoms with van der Waals surface area (Å²) in [5, 5.41) is 7.10. The van der Waals surface area contributed by atoms with Crippen LogP contribution in [-0.4, -0.2) is 34.1 Å². The molecule has 4 heteroatoms. The van der Waals surface area contributed by atoms with Crippen LogP contribution in [0.5, 0.6) is 0 Å². The second-order valence-corrected chi connectivity index (χ2v) is 6.79. The summed E-state index contributed by atoms with van der Waals surface area (Å²) in [6.45, 7) is 1.65. The third-order valence-electron chi connectivity index (χ3n) is 5.27. The quantitative estimate of drug-likeness (QED) is 0.925. The minimum Gasteiger partial charge on any atom is -0.338 e. The van der Waals surface area contributed by atoms with Crippen molar-refractivity contribution in [3.63, 3.8) is 0 Å². The summed E-state index contributed by atoms with van der Waals surface area (Å²) >= 11 is 0. The Morgan fingerprint density at radius 2 is 2.00 bits per heavy atom. The van der Waals surface area contributed by atoms with E-state index in [2.05, 4.69) is 22.3 Å². The number of nitrogens with one attached hydrogen (secondary N) is 1. The van der Waals surface area contributed by atoms with Crippen LogP contribution in [0.4, 0.5) is 0 Å². The highest BCUT2D eigenvalue weighted by atomic mass is 16.2. The van der Waals surface area contributed by atoms with Gasteiger partial charge in [0.15, 0.2) is 0 Å². The van der Waals surface area contributed by atoms with Crippen LogP contribution in [-0.2, 0) is 12.8 Å². The number of amides is 1. The highest BCUT2D eigenvalue weighted by Gasteiger charge is 2.26. The number of hydrogen-bond acceptors (Lipinski definition) is 2. The smallest absolute Gasteiger partial charge is 0.253 e. The number of aromatic nitrogens is 2. The van der Waals surface area contributed by atoms with Crippen LogP contribution >= 0.6 is 0 Å². The second kappa shape index (κ2) is 6.19. The average molecular weight is 309 g/mol. The van der Waals surface area contributed by atoms with Gasteiger partial charge in [0.1, 0.15) is 0 Å². The summed E-state index contributed by atoms with van der Waals surface area (Å²) in [6.07, 6.45) is 8.77. The topological polar surface area (TPSA) is 49.0 Å². The maximum Gasteiger partial charge on any atom is 0.253 e. The molecule has 0 radical (unpaired) electrons. The molecule has 1 aromatic heterocycles. The van der Waals surface area contributed by atoms with Crippen molar-refractivity contribution < 1.29 is 4.79 Å². The normalized spacial score (nSPS) is 21.0. The van der Waals surface area contributed by atoms with Gasteiger partial charge >= 0.3 is 0 Å². The average Bonchev–Trinajstić information content (AvgIpc) is 3.15. The monoisotopic (exact) mass is 309 g/mol. The maximum absolute atomic E-state index is 12.9.